The Bertz CT molecular complexity index is 114. The predicted molar refractivity (Wildman–Crippen MR) is 33.0 cm³/mol. The molecule has 9 heavy (non-hydrogen) atoms. The zero-order valence-corrected chi connectivity index (χ0v) is 5.30. The van der Waals surface area contributed by atoms with Crippen molar-refractivity contribution in [3.8, 4) is 0 Å². The number of hydrogen-bond acceptors (Lipinski definition) is 3. The first-order chi connectivity index (χ1) is 4.33. The molecule has 1 fully saturated rings. The van der Waals surface area contributed by atoms with Gasteiger partial charge < -0.3 is 10.5 Å². The third-order valence-corrected chi connectivity index (χ3v) is 1.45. The molecule has 0 radical (unpaired) electrons. The van der Waals surface area contributed by atoms with Crippen LogP contribution in [-0.2, 0) is 9.53 Å². The van der Waals surface area contributed by atoms with Crippen LogP contribution in [0, 0.1) is 0 Å². The van der Waals surface area contributed by atoms with E-state index in [9.17, 15) is 4.79 Å². The monoisotopic (exact) mass is 129 g/mol. The quantitative estimate of drug-likeness (QED) is 0.528. The number of rotatable bonds is 1. The minimum absolute atomic E-state index is 0.00810. The summed E-state index contributed by atoms with van der Waals surface area (Å²) < 4.78 is 5.15. The summed E-state index contributed by atoms with van der Waals surface area (Å²) in [4.78, 5) is 10.7. The van der Waals surface area contributed by atoms with Crippen LogP contribution in [-0.4, -0.2) is 25.0 Å². The number of nitrogens with two attached hydrogens (primary N) is 1. The molecular weight excluding hydrogens is 118 g/mol. The molecule has 52 valence electrons. The lowest BCUT2D eigenvalue weighted by Crippen LogP contribution is -2.31. The molecule has 0 amide bonds. The van der Waals surface area contributed by atoms with Crippen molar-refractivity contribution in [3.63, 3.8) is 0 Å². The Kier molecular flexibility index (Phi) is 2.19. The smallest absolute Gasteiger partial charge is 0.137 e. The molecule has 0 aliphatic carbocycles. The SMILES string of the molecule is NC[C@H]1CC(=O)CCO1. The first-order valence-electron chi connectivity index (χ1n) is 3.16. The van der Waals surface area contributed by atoms with E-state index in [1.54, 1.807) is 0 Å². The Morgan fingerprint density at radius 1 is 1.78 bits per heavy atom. The lowest BCUT2D eigenvalue weighted by molar-refractivity contribution is -0.127. The Morgan fingerprint density at radius 2 is 2.56 bits per heavy atom. The van der Waals surface area contributed by atoms with Gasteiger partial charge in [0.15, 0.2) is 0 Å². The molecule has 0 unspecified atom stereocenters. The van der Waals surface area contributed by atoms with Crippen molar-refractivity contribution < 1.29 is 9.53 Å². The van der Waals surface area contributed by atoms with Gasteiger partial charge in [-0.3, -0.25) is 4.79 Å². The van der Waals surface area contributed by atoms with E-state index in [0.717, 1.165) is 0 Å². The summed E-state index contributed by atoms with van der Waals surface area (Å²) in [5.41, 5.74) is 5.29. The van der Waals surface area contributed by atoms with Crippen molar-refractivity contribution in [3.05, 3.63) is 0 Å². The third-order valence-electron chi connectivity index (χ3n) is 1.45. The summed E-state index contributed by atoms with van der Waals surface area (Å²) in [5.74, 6) is 0.275. The number of Topliss-reactive ketones (excluding diaryl/α,β-unsaturated/α-hetero) is 1. The van der Waals surface area contributed by atoms with E-state index in [-0.39, 0.29) is 11.9 Å². The van der Waals surface area contributed by atoms with Gasteiger partial charge in [-0.2, -0.15) is 0 Å². The van der Waals surface area contributed by atoms with Crippen molar-refractivity contribution in [1.82, 2.24) is 0 Å². The average Bonchev–Trinajstić information content (AvgIpc) is 1.88. The van der Waals surface area contributed by atoms with Gasteiger partial charge in [0.1, 0.15) is 5.78 Å². The molecule has 0 aromatic rings. The second-order valence-corrected chi connectivity index (χ2v) is 2.22. The maximum absolute atomic E-state index is 10.7. The molecule has 0 aromatic heterocycles. The summed E-state index contributed by atoms with van der Waals surface area (Å²) in [6.07, 6.45) is 1.07. The molecule has 3 heteroatoms. The fourth-order valence-corrected chi connectivity index (χ4v) is 0.906. The van der Waals surface area contributed by atoms with E-state index in [0.29, 0.717) is 26.0 Å². The Balaban J connectivity index is 2.32. The van der Waals surface area contributed by atoms with Gasteiger partial charge in [-0.15, -0.1) is 0 Å². The standard InChI is InChI=1S/C6H11NO2/c7-4-6-3-5(8)1-2-9-6/h6H,1-4,7H2/t6-/m1/s1. The molecule has 0 spiro atoms. The normalized spacial score (nSPS) is 28.6. The van der Waals surface area contributed by atoms with Gasteiger partial charge in [0.05, 0.1) is 12.7 Å². The van der Waals surface area contributed by atoms with Crippen molar-refractivity contribution in [2.45, 2.75) is 18.9 Å². The van der Waals surface area contributed by atoms with E-state index in [2.05, 4.69) is 0 Å². The molecule has 0 saturated carbocycles. The zero-order chi connectivity index (χ0) is 6.69. The van der Waals surface area contributed by atoms with Crippen LogP contribution in [0.25, 0.3) is 0 Å². The number of hydrogen-bond donors (Lipinski definition) is 1. The fraction of sp³-hybridized carbons (Fsp3) is 0.833. The van der Waals surface area contributed by atoms with Crippen molar-refractivity contribution in [1.29, 1.82) is 0 Å². The highest BCUT2D eigenvalue weighted by atomic mass is 16.5. The Morgan fingerprint density at radius 3 is 3.00 bits per heavy atom. The van der Waals surface area contributed by atoms with Crippen molar-refractivity contribution in [2.24, 2.45) is 5.73 Å². The molecule has 0 bridgehead atoms. The van der Waals surface area contributed by atoms with Gasteiger partial charge in [0.2, 0.25) is 0 Å². The summed E-state index contributed by atoms with van der Waals surface area (Å²) >= 11 is 0. The molecule has 1 aliphatic rings. The zero-order valence-electron chi connectivity index (χ0n) is 5.30. The molecular formula is C6H11NO2. The molecule has 3 nitrogen and oxygen atoms in total. The van der Waals surface area contributed by atoms with Crippen molar-refractivity contribution in [2.75, 3.05) is 13.2 Å². The molecule has 1 rings (SSSR count). The van der Waals surface area contributed by atoms with E-state index in [1.165, 1.54) is 0 Å². The van der Waals surface area contributed by atoms with E-state index < -0.39 is 0 Å². The van der Waals surface area contributed by atoms with Crippen LogP contribution < -0.4 is 5.73 Å². The van der Waals surface area contributed by atoms with Gasteiger partial charge >= 0.3 is 0 Å². The Labute approximate surface area is 54.2 Å². The van der Waals surface area contributed by atoms with Crippen LogP contribution in [0.1, 0.15) is 12.8 Å². The first kappa shape index (κ1) is 6.71. The third kappa shape index (κ3) is 1.77. The molecule has 0 aromatic carbocycles. The number of ether oxygens (including phenoxy) is 1. The van der Waals surface area contributed by atoms with Gasteiger partial charge in [0, 0.05) is 19.4 Å². The molecule has 1 saturated heterocycles. The van der Waals surface area contributed by atoms with Gasteiger partial charge in [-0.05, 0) is 0 Å². The predicted octanol–water partition coefficient (Wildman–Crippen LogP) is -0.307. The first-order valence-corrected chi connectivity index (χ1v) is 3.16. The van der Waals surface area contributed by atoms with Crippen LogP contribution in [0.5, 0.6) is 0 Å². The largest absolute Gasteiger partial charge is 0.376 e. The van der Waals surface area contributed by atoms with Gasteiger partial charge in [-0.1, -0.05) is 0 Å². The topological polar surface area (TPSA) is 52.3 Å². The second-order valence-electron chi connectivity index (χ2n) is 2.22. The maximum Gasteiger partial charge on any atom is 0.137 e. The molecule has 2 N–H and O–H groups in total. The lowest BCUT2D eigenvalue weighted by atomic mass is 10.1. The second kappa shape index (κ2) is 2.94. The van der Waals surface area contributed by atoms with Crippen molar-refractivity contribution >= 4 is 5.78 Å². The highest BCUT2D eigenvalue weighted by Crippen LogP contribution is 2.07. The van der Waals surface area contributed by atoms with Crippen LogP contribution in [0.15, 0.2) is 0 Å². The van der Waals surface area contributed by atoms with E-state index >= 15 is 0 Å². The van der Waals surface area contributed by atoms with E-state index in [1.807, 2.05) is 0 Å². The Hall–Kier alpha value is -0.410. The van der Waals surface area contributed by atoms with Crippen LogP contribution >= 0.6 is 0 Å². The number of ketones is 1. The van der Waals surface area contributed by atoms with E-state index in [4.69, 9.17) is 10.5 Å². The van der Waals surface area contributed by atoms with Crippen LogP contribution in [0.4, 0.5) is 0 Å². The summed E-state index contributed by atoms with van der Waals surface area (Å²) in [6, 6.07) is 0. The van der Waals surface area contributed by atoms with Gasteiger partial charge in [-0.25, -0.2) is 0 Å². The molecule has 1 atom stereocenters. The van der Waals surface area contributed by atoms with Crippen LogP contribution in [0.3, 0.4) is 0 Å². The molecule has 1 aliphatic heterocycles. The summed E-state index contributed by atoms with van der Waals surface area (Å²) in [6.45, 7) is 1.02. The minimum atomic E-state index is -0.00810. The minimum Gasteiger partial charge on any atom is -0.376 e. The lowest BCUT2D eigenvalue weighted by Gasteiger charge is -2.19. The number of carbonyl (C=O) groups excluding carboxylic acids is 1. The fourth-order valence-electron chi connectivity index (χ4n) is 0.906. The summed E-state index contributed by atoms with van der Waals surface area (Å²) in [5, 5.41) is 0. The molecule has 1 heterocycles. The highest BCUT2D eigenvalue weighted by molar-refractivity contribution is 5.79. The number of carbonyl (C=O) groups is 1. The van der Waals surface area contributed by atoms with Crippen LogP contribution in [0.2, 0.25) is 0 Å². The average molecular weight is 129 g/mol. The maximum atomic E-state index is 10.7. The highest BCUT2D eigenvalue weighted by Gasteiger charge is 2.17. The van der Waals surface area contributed by atoms with Gasteiger partial charge in [0.25, 0.3) is 0 Å². The summed E-state index contributed by atoms with van der Waals surface area (Å²) in [7, 11) is 0.